The standard InChI is InChI=1S/C33H41ClN4O3/c1-33(2,3)32(41)38(31(40)28-10-6-18-36-28)29(21-24-11-14-25-8-4-5-9-26(25)20-24)30(39)37-19-7-17-35-22-23-12-15-27(34)16-13-23/h4-5,8-9,11-16,20,28-29,35-36H,6-7,10,17-19,21-22H2,1-3H3,(H,37,39)/t28-,29+/m0/s1. The van der Waals surface area contributed by atoms with E-state index in [1.807, 2.05) is 66.7 Å². The van der Waals surface area contributed by atoms with Gasteiger partial charge in [-0.2, -0.15) is 0 Å². The summed E-state index contributed by atoms with van der Waals surface area (Å²) in [5.74, 6) is -0.991. The maximum atomic E-state index is 13.8. The SMILES string of the molecule is CC(C)(C)C(=O)N(C(=O)[C@@H]1CCCN1)[C@H](Cc1ccc2ccccc2c1)C(=O)NCCCNCc1ccc(Cl)cc1. The van der Waals surface area contributed by atoms with Gasteiger partial charge in [0.25, 0.3) is 0 Å². The van der Waals surface area contributed by atoms with Gasteiger partial charge in [-0.3, -0.25) is 19.3 Å². The fourth-order valence-electron chi connectivity index (χ4n) is 5.09. The van der Waals surface area contributed by atoms with Gasteiger partial charge in [-0.1, -0.05) is 87.0 Å². The predicted octanol–water partition coefficient (Wildman–Crippen LogP) is 4.85. The average Bonchev–Trinajstić information content (AvgIpc) is 3.50. The van der Waals surface area contributed by atoms with E-state index in [-0.39, 0.29) is 24.1 Å². The van der Waals surface area contributed by atoms with Crippen molar-refractivity contribution in [1.82, 2.24) is 20.9 Å². The van der Waals surface area contributed by atoms with Gasteiger partial charge < -0.3 is 16.0 Å². The Hall–Kier alpha value is -3.26. The molecule has 3 aromatic rings. The number of imide groups is 1. The monoisotopic (exact) mass is 576 g/mol. The molecule has 0 aromatic heterocycles. The molecule has 0 aliphatic carbocycles. The molecular formula is C33H41ClN4O3. The lowest BCUT2D eigenvalue weighted by Gasteiger charge is -2.35. The molecular weight excluding hydrogens is 536 g/mol. The molecule has 0 bridgehead atoms. The van der Waals surface area contributed by atoms with Gasteiger partial charge in [0.2, 0.25) is 17.7 Å². The zero-order chi connectivity index (χ0) is 29.4. The summed E-state index contributed by atoms with van der Waals surface area (Å²) in [7, 11) is 0. The molecule has 0 saturated carbocycles. The Morgan fingerprint density at radius 3 is 2.37 bits per heavy atom. The van der Waals surface area contributed by atoms with Crippen LogP contribution in [0.5, 0.6) is 0 Å². The molecule has 0 radical (unpaired) electrons. The maximum Gasteiger partial charge on any atom is 0.247 e. The molecule has 7 nitrogen and oxygen atoms in total. The fraction of sp³-hybridized carbons (Fsp3) is 0.424. The van der Waals surface area contributed by atoms with Gasteiger partial charge in [-0.25, -0.2) is 0 Å². The van der Waals surface area contributed by atoms with Gasteiger partial charge in [0.15, 0.2) is 0 Å². The zero-order valence-corrected chi connectivity index (χ0v) is 25.0. The highest BCUT2D eigenvalue weighted by atomic mass is 35.5. The van der Waals surface area contributed by atoms with E-state index in [9.17, 15) is 14.4 Å². The van der Waals surface area contributed by atoms with Crippen molar-refractivity contribution in [3.63, 3.8) is 0 Å². The molecule has 41 heavy (non-hydrogen) atoms. The number of rotatable bonds is 11. The predicted molar refractivity (Wildman–Crippen MR) is 165 cm³/mol. The highest BCUT2D eigenvalue weighted by Gasteiger charge is 2.42. The van der Waals surface area contributed by atoms with Crippen LogP contribution in [0.15, 0.2) is 66.7 Å². The van der Waals surface area contributed by atoms with Crippen molar-refractivity contribution in [2.45, 2.75) is 65.1 Å². The van der Waals surface area contributed by atoms with Crippen LogP contribution in [-0.2, 0) is 27.3 Å². The number of nitrogens with one attached hydrogen (secondary N) is 3. The van der Waals surface area contributed by atoms with Crippen molar-refractivity contribution < 1.29 is 14.4 Å². The molecule has 1 heterocycles. The van der Waals surface area contributed by atoms with Crippen molar-refractivity contribution in [3.05, 3.63) is 82.9 Å². The molecule has 3 N–H and O–H groups in total. The molecule has 3 aromatic carbocycles. The first-order valence-corrected chi connectivity index (χ1v) is 14.8. The minimum absolute atomic E-state index is 0.242. The molecule has 1 fully saturated rings. The number of carbonyl (C=O) groups excluding carboxylic acids is 3. The van der Waals surface area contributed by atoms with Crippen molar-refractivity contribution >= 4 is 40.1 Å². The Morgan fingerprint density at radius 2 is 1.68 bits per heavy atom. The second kappa shape index (κ2) is 14.1. The summed E-state index contributed by atoms with van der Waals surface area (Å²) in [4.78, 5) is 42.6. The fourth-order valence-corrected chi connectivity index (χ4v) is 5.21. The quantitative estimate of drug-likeness (QED) is 0.284. The van der Waals surface area contributed by atoms with Crippen molar-refractivity contribution in [2.24, 2.45) is 5.41 Å². The van der Waals surface area contributed by atoms with Gasteiger partial charge in [-0.05, 0) is 66.4 Å². The number of benzene rings is 3. The van der Waals surface area contributed by atoms with E-state index >= 15 is 0 Å². The van der Waals surface area contributed by atoms with Gasteiger partial charge in [-0.15, -0.1) is 0 Å². The van der Waals surface area contributed by atoms with Gasteiger partial charge >= 0.3 is 0 Å². The molecule has 8 heteroatoms. The molecule has 2 atom stereocenters. The third-order valence-electron chi connectivity index (χ3n) is 7.39. The van der Waals surface area contributed by atoms with Crippen LogP contribution in [0.4, 0.5) is 0 Å². The third-order valence-corrected chi connectivity index (χ3v) is 7.64. The summed E-state index contributed by atoms with van der Waals surface area (Å²) in [5, 5.41) is 12.5. The minimum atomic E-state index is -0.959. The molecule has 1 saturated heterocycles. The Kier molecular flexibility index (Phi) is 10.5. The van der Waals surface area contributed by atoms with E-state index in [0.29, 0.717) is 37.5 Å². The van der Waals surface area contributed by atoms with Gasteiger partial charge in [0.1, 0.15) is 6.04 Å². The minimum Gasteiger partial charge on any atom is -0.354 e. The summed E-state index contributed by atoms with van der Waals surface area (Å²) in [6.45, 7) is 7.91. The smallest absolute Gasteiger partial charge is 0.247 e. The van der Waals surface area contributed by atoms with E-state index in [1.54, 1.807) is 20.8 Å². The summed E-state index contributed by atoms with van der Waals surface area (Å²) < 4.78 is 0. The third kappa shape index (κ3) is 8.38. The highest BCUT2D eigenvalue weighted by Crippen LogP contribution is 2.25. The number of hydrogen-bond acceptors (Lipinski definition) is 5. The molecule has 3 amide bonds. The first kappa shape index (κ1) is 30.7. The summed E-state index contributed by atoms with van der Waals surface area (Å²) >= 11 is 5.96. The topological polar surface area (TPSA) is 90.5 Å². The molecule has 0 unspecified atom stereocenters. The lowest BCUT2D eigenvalue weighted by Crippen LogP contribution is -2.59. The summed E-state index contributed by atoms with van der Waals surface area (Å²) in [6.07, 6.45) is 2.45. The Bertz CT molecular complexity index is 1350. The zero-order valence-electron chi connectivity index (χ0n) is 24.2. The molecule has 218 valence electrons. The van der Waals surface area contributed by atoms with E-state index in [4.69, 9.17) is 11.6 Å². The van der Waals surface area contributed by atoms with Crippen molar-refractivity contribution in [3.8, 4) is 0 Å². The normalized spacial score (nSPS) is 16.0. The molecule has 1 aliphatic heterocycles. The van der Waals surface area contributed by atoms with Crippen molar-refractivity contribution in [2.75, 3.05) is 19.6 Å². The molecule has 1 aliphatic rings. The van der Waals surface area contributed by atoms with Gasteiger partial charge in [0, 0.05) is 29.9 Å². The lowest BCUT2D eigenvalue weighted by atomic mass is 9.91. The number of amides is 3. The largest absolute Gasteiger partial charge is 0.354 e. The van der Waals surface area contributed by atoms with Crippen molar-refractivity contribution in [1.29, 1.82) is 0 Å². The van der Waals surface area contributed by atoms with Crippen LogP contribution >= 0.6 is 11.6 Å². The summed E-state index contributed by atoms with van der Waals surface area (Å²) in [5.41, 5.74) is 1.19. The van der Waals surface area contributed by atoms with E-state index < -0.39 is 17.5 Å². The Labute approximate surface area is 248 Å². The van der Waals surface area contributed by atoms with Crippen LogP contribution in [0.25, 0.3) is 10.8 Å². The molecule has 4 rings (SSSR count). The number of carbonyl (C=O) groups is 3. The Morgan fingerprint density at radius 1 is 0.976 bits per heavy atom. The van der Waals surface area contributed by atoms with E-state index in [2.05, 4.69) is 16.0 Å². The number of nitrogens with zero attached hydrogens (tertiary/aromatic N) is 1. The van der Waals surface area contributed by atoms with E-state index in [1.165, 1.54) is 4.90 Å². The second-order valence-corrected chi connectivity index (χ2v) is 12.2. The average molecular weight is 577 g/mol. The number of fused-ring (bicyclic) bond motifs is 1. The van der Waals surface area contributed by atoms with Crippen LogP contribution in [0, 0.1) is 5.41 Å². The maximum absolute atomic E-state index is 13.8. The number of hydrogen-bond donors (Lipinski definition) is 3. The van der Waals surface area contributed by atoms with Gasteiger partial charge in [0.05, 0.1) is 6.04 Å². The van der Waals surface area contributed by atoms with Crippen LogP contribution in [0.1, 0.15) is 51.2 Å². The van der Waals surface area contributed by atoms with Crippen LogP contribution in [0.3, 0.4) is 0 Å². The first-order chi connectivity index (χ1) is 19.6. The second-order valence-electron chi connectivity index (χ2n) is 11.8. The lowest BCUT2D eigenvalue weighted by molar-refractivity contribution is -0.157. The van der Waals surface area contributed by atoms with E-state index in [0.717, 1.165) is 34.9 Å². The highest BCUT2D eigenvalue weighted by molar-refractivity contribution is 6.30. The van der Waals surface area contributed by atoms with Crippen LogP contribution in [-0.4, -0.2) is 54.3 Å². The first-order valence-electron chi connectivity index (χ1n) is 14.4. The Balaban J connectivity index is 1.50. The van der Waals surface area contributed by atoms with Crippen LogP contribution < -0.4 is 16.0 Å². The number of halogens is 1. The van der Waals surface area contributed by atoms with Crippen LogP contribution in [0.2, 0.25) is 5.02 Å². The summed E-state index contributed by atoms with van der Waals surface area (Å²) in [6, 6.07) is 20.3. The molecule has 0 spiro atoms.